The van der Waals surface area contributed by atoms with Crippen molar-refractivity contribution in [2.24, 2.45) is 0 Å². The van der Waals surface area contributed by atoms with Crippen molar-refractivity contribution >= 4 is 5.97 Å². The van der Waals surface area contributed by atoms with E-state index in [-0.39, 0.29) is 17.9 Å². The summed E-state index contributed by atoms with van der Waals surface area (Å²) in [5.74, 6) is -0.304. The van der Waals surface area contributed by atoms with E-state index in [4.69, 9.17) is 14.6 Å². The molecular formula is C14H18O5. The van der Waals surface area contributed by atoms with Crippen LogP contribution in [0.2, 0.25) is 0 Å². The summed E-state index contributed by atoms with van der Waals surface area (Å²) >= 11 is 0. The van der Waals surface area contributed by atoms with Crippen LogP contribution >= 0.6 is 0 Å². The molecule has 0 heterocycles. The summed E-state index contributed by atoms with van der Waals surface area (Å²) in [5, 5.41) is 19.3. The predicted molar refractivity (Wildman–Crippen MR) is 68.9 cm³/mol. The van der Waals surface area contributed by atoms with Gasteiger partial charge in [0.05, 0.1) is 12.7 Å². The molecule has 0 aliphatic heterocycles. The van der Waals surface area contributed by atoms with Crippen molar-refractivity contribution in [2.45, 2.75) is 31.3 Å². The second kappa shape index (κ2) is 5.48. The van der Waals surface area contributed by atoms with E-state index in [2.05, 4.69) is 0 Å². The number of hydrogen-bond acceptors (Lipinski definition) is 4. The van der Waals surface area contributed by atoms with E-state index in [9.17, 15) is 9.90 Å². The molecule has 1 aliphatic carbocycles. The lowest BCUT2D eigenvalue weighted by atomic mass is 10.0. The molecule has 2 rings (SSSR count). The SMILES string of the molecule is COc1ccc(C(=O)O)c(OCC2(O)CCCC2)c1. The minimum absolute atomic E-state index is 0.0717. The topological polar surface area (TPSA) is 76.0 Å². The van der Waals surface area contributed by atoms with Crippen LogP contribution in [0.15, 0.2) is 18.2 Å². The van der Waals surface area contributed by atoms with Gasteiger partial charge in [-0.1, -0.05) is 12.8 Å². The highest BCUT2D eigenvalue weighted by molar-refractivity contribution is 5.91. The minimum atomic E-state index is -1.06. The number of carbonyl (C=O) groups is 1. The van der Waals surface area contributed by atoms with Crippen molar-refractivity contribution in [3.8, 4) is 11.5 Å². The lowest BCUT2D eigenvalue weighted by Gasteiger charge is -2.22. The van der Waals surface area contributed by atoms with Gasteiger partial charge < -0.3 is 19.7 Å². The van der Waals surface area contributed by atoms with Crippen molar-refractivity contribution in [3.05, 3.63) is 23.8 Å². The Labute approximate surface area is 111 Å². The second-order valence-corrected chi connectivity index (χ2v) is 4.89. The first-order chi connectivity index (χ1) is 9.04. The zero-order valence-electron chi connectivity index (χ0n) is 10.9. The van der Waals surface area contributed by atoms with Crippen LogP contribution in [-0.4, -0.2) is 35.5 Å². The standard InChI is InChI=1S/C14H18O5/c1-18-10-4-5-11(13(15)16)12(8-10)19-9-14(17)6-2-3-7-14/h4-5,8,17H,2-3,6-7,9H2,1H3,(H,15,16). The first-order valence-corrected chi connectivity index (χ1v) is 6.31. The zero-order chi connectivity index (χ0) is 13.9. The molecular weight excluding hydrogens is 248 g/mol. The Balaban J connectivity index is 2.15. The fraction of sp³-hybridized carbons (Fsp3) is 0.500. The molecule has 1 aromatic carbocycles. The summed E-state index contributed by atoms with van der Waals surface area (Å²) in [6, 6.07) is 4.54. The van der Waals surface area contributed by atoms with E-state index in [1.54, 1.807) is 6.07 Å². The fourth-order valence-electron chi connectivity index (χ4n) is 2.32. The van der Waals surface area contributed by atoms with Gasteiger partial charge in [0.1, 0.15) is 23.7 Å². The number of carboxylic acids is 1. The van der Waals surface area contributed by atoms with Gasteiger partial charge in [-0.15, -0.1) is 0 Å². The quantitative estimate of drug-likeness (QED) is 0.853. The molecule has 1 aromatic rings. The number of ether oxygens (including phenoxy) is 2. The molecule has 1 fully saturated rings. The summed E-state index contributed by atoms with van der Waals surface area (Å²) in [7, 11) is 1.50. The van der Waals surface area contributed by atoms with Crippen molar-refractivity contribution in [2.75, 3.05) is 13.7 Å². The molecule has 5 heteroatoms. The number of aromatic carboxylic acids is 1. The van der Waals surface area contributed by atoms with Gasteiger partial charge in [0, 0.05) is 6.07 Å². The largest absolute Gasteiger partial charge is 0.497 e. The number of carboxylic acid groups (broad SMARTS) is 1. The van der Waals surface area contributed by atoms with Crippen LogP contribution in [0.3, 0.4) is 0 Å². The van der Waals surface area contributed by atoms with Gasteiger partial charge in [-0.25, -0.2) is 4.79 Å². The highest BCUT2D eigenvalue weighted by Crippen LogP contribution is 2.31. The lowest BCUT2D eigenvalue weighted by molar-refractivity contribution is 0.000845. The normalized spacial score (nSPS) is 17.2. The molecule has 1 aliphatic rings. The van der Waals surface area contributed by atoms with Crippen LogP contribution in [0.1, 0.15) is 36.0 Å². The van der Waals surface area contributed by atoms with Gasteiger partial charge in [0.25, 0.3) is 0 Å². The van der Waals surface area contributed by atoms with E-state index >= 15 is 0 Å². The molecule has 0 amide bonds. The summed E-state index contributed by atoms with van der Waals surface area (Å²) in [4.78, 5) is 11.1. The van der Waals surface area contributed by atoms with Crippen LogP contribution in [0.4, 0.5) is 0 Å². The third-order valence-corrected chi connectivity index (χ3v) is 3.45. The average molecular weight is 266 g/mol. The van der Waals surface area contributed by atoms with E-state index in [1.165, 1.54) is 19.2 Å². The molecule has 0 unspecified atom stereocenters. The number of hydrogen-bond donors (Lipinski definition) is 2. The van der Waals surface area contributed by atoms with Crippen LogP contribution in [-0.2, 0) is 0 Å². The zero-order valence-corrected chi connectivity index (χ0v) is 10.9. The summed E-state index contributed by atoms with van der Waals surface area (Å²) in [6.07, 6.45) is 3.34. The first-order valence-electron chi connectivity index (χ1n) is 6.31. The van der Waals surface area contributed by atoms with E-state index in [1.807, 2.05) is 0 Å². The van der Waals surface area contributed by atoms with Gasteiger partial charge in [-0.3, -0.25) is 0 Å². The Morgan fingerprint density at radius 1 is 1.37 bits per heavy atom. The maximum atomic E-state index is 11.1. The molecule has 0 atom stereocenters. The molecule has 0 aromatic heterocycles. The van der Waals surface area contributed by atoms with E-state index in [0.29, 0.717) is 18.6 Å². The maximum Gasteiger partial charge on any atom is 0.339 e. The van der Waals surface area contributed by atoms with Gasteiger partial charge in [0.2, 0.25) is 0 Å². The molecule has 0 saturated heterocycles. The molecule has 0 bridgehead atoms. The molecule has 0 spiro atoms. The first kappa shape index (κ1) is 13.7. The number of benzene rings is 1. The molecule has 2 N–H and O–H groups in total. The minimum Gasteiger partial charge on any atom is -0.497 e. The third-order valence-electron chi connectivity index (χ3n) is 3.45. The average Bonchev–Trinajstić information content (AvgIpc) is 2.83. The number of rotatable bonds is 5. The molecule has 104 valence electrons. The smallest absolute Gasteiger partial charge is 0.339 e. The molecule has 5 nitrogen and oxygen atoms in total. The predicted octanol–water partition coefficient (Wildman–Crippen LogP) is 2.08. The Kier molecular flexibility index (Phi) is 3.95. The van der Waals surface area contributed by atoms with Gasteiger partial charge >= 0.3 is 5.97 Å². The highest BCUT2D eigenvalue weighted by Gasteiger charge is 2.32. The third kappa shape index (κ3) is 3.17. The van der Waals surface area contributed by atoms with Crippen LogP contribution in [0.5, 0.6) is 11.5 Å². The second-order valence-electron chi connectivity index (χ2n) is 4.89. The number of methoxy groups -OCH3 is 1. The molecule has 19 heavy (non-hydrogen) atoms. The monoisotopic (exact) mass is 266 g/mol. The van der Waals surface area contributed by atoms with Crippen LogP contribution in [0, 0.1) is 0 Å². The van der Waals surface area contributed by atoms with Crippen LogP contribution in [0.25, 0.3) is 0 Å². The van der Waals surface area contributed by atoms with Crippen LogP contribution < -0.4 is 9.47 Å². The van der Waals surface area contributed by atoms with E-state index in [0.717, 1.165) is 12.8 Å². The van der Waals surface area contributed by atoms with Crippen molar-refractivity contribution < 1.29 is 24.5 Å². The van der Waals surface area contributed by atoms with E-state index < -0.39 is 11.6 Å². The number of aliphatic hydroxyl groups is 1. The van der Waals surface area contributed by atoms with Gasteiger partial charge in [-0.05, 0) is 25.0 Å². The Bertz CT molecular complexity index is 463. The van der Waals surface area contributed by atoms with Crippen molar-refractivity contribution in [1.29, 1.82) is 0 Å². The molecule has 1 saturated carbocycles. The van der Waals surface area contributed by atoms with Crippen molar-refractivity contribution in [1.82, 2.24) is 0 Å². The lowest BCUT2D eigenvalue weighted by Crippen LogP contribution is -2.32. The maximum absolute atomic E-state index is 11.1. The fourth-order valence-corrected chi connectivity index (χ4v) is 2.32. The summed E-state index contributed by atoms with van der Waals surface area (Å²) < 4.78 is 10.6. The summed E-state index contributed by atoms with van der Waals surface area (Å²) in [6.45, 7) is 0.112. The Morgan fingerprint density at radius 3 is 2.63 bits per heavy atom. The molecule has 0 radical (unpaired) electrons. The Morgan fingerprint density at radius 2 is 2.05 bits per heavy atom. The Hall–Kier alpha value is -1.75. The highest BCUT2D eigenvalue weighted by atomic mass is 16.5. The summed E-state index contributed by atoms with van der Waals surface area (Å²) in [5.41, 5.74) is -0.763. The van der Waals surface area contributed by atoms with Gasteiger partial charge in [0.15, 0.2) is 0 Å². The van der Waals surface area contributed by atoms with Crippen molar-refractivity contribution in [3.63, 3.8) is 0 Å². The van der Waals surface area contributed by atoms with Gasteiger partial charge in [-0.2, -0.15) is 0 Å².